The molecule has 0 unspecified atom stereocenters. The lowest BCUT2D eigenvalue weighted by Gasteiger charge is -2.22. The van der Waals surface area contributed by atoms with Crippen LogP contribution in [0, 0.1) is 0 Å². The van der Waals surface area contributed by atoms with E-state index >= 15 is 0 Å². The Kier molecular flexibility index (Phi) is 5.82. The third-order valence-electron chi connectivity index (χ3n) is 5.19. The van der Waals surface area contributed by atoms with Gasteiger partial charge in [0.05, 0.1) is 20.8 Å². The molecule has 1 aliphatic rings. The molecule has 1 aliphatic heterocycles. The third kappa shape index (κ3) is 4.36. The van der Waals surface area contributed by atoms with E-state index in [4.69, 9.17) is 9.47 Å². The summed E-state index contributed by atoms with van der Waals surface area (Å²) in [5.74, 6) is 0.556. The van der Waals surface area contributed by atoms with Gasteiger partial charge >= 0.3 is 0 Å². The standard InChI is InChI=1S/C23H28N2O4/c1-23(2,3)17-7-8-18-15(12-17)10-11-25(18)21(26)14-24-22(27)16-6-9-19(28-4)20(13-16)29-5/h6-9,12-13H,10-11,14H2,1-5H3,(H,24,27). The van der Waals surface area contributed by atoms with Crippen LogP contribution in [0.4, 0.5) is 5.69 Å². The normalized spacial score (nSPS) is 13.1. The smallest absolute Gasteiger partial charge is 0.251 e. The molecule has 0 atom stereocenters. The number of benzene rings is 2. The molecule has 3 rings (SSSR count). The van der Waals surface area contributed by atoms with E-state index in [-0.39, 0.29) is 23.8 Å². The van der Waals surface area contributed by atoms with Gasteiger partial charge in [0.2, 0.25) is 5.91 Å². The maximum Gasteiger partial charge on any atom is 0.251 e. The quantitative estimate of drug-likeness (QED) is 0.842. The van der Waals surface area contributed by atoms with Gasteiger partial charge in [-0.15, -0.1) is 0 Å². The van der Waals surface area contributed by atoms with Gasteiger partial charge in [-0.1, -0.05) is 32.9 Å². The van der Waals surface area contributed by atoms with Crippen LogP contribution in [0.3, 0.4) is 0 Å². The van der Waals surface area contributed by atoms with Crippen LogP contribution in [-0.4, -0.2) is 39.1 Å². The SMILES string of the molecule is COc1ccc(C(=O)NCC(=O)N2CCc3cc(C(C)(C)C)ccc32)cc1OC. The summed E-state index contributed by atoms with van der Waals surface area (Å²) in [6.07, 6.45) is 0.828. The van der Waals surface area contributed by atoms with Crippen molar-refractivity contribution in [3.8, 4) is 11.5 Å². The molecule has 1 N–H and O–H groups in total. The number of fused-ring (bicyclic) bond motifs is 1. The van der Waals surface area contributed by atoms with Crippen molar-refractivity contribution in [2.24, 2.45) is 0 Å². The molecule has 154 valence electrons. The minimum absolute atomic E-state index is 0.0619. The lowest BCUT2D eigenvalue weighted by Crippen LogP contribution is -2.39. The van der Waals surface area contributed by atoms with Gasteiger partial charge in [0, 0.05) is 17.8 Å². The zero-order valence-electron chi connectivity index (χ0n) is 17.7. The van der Waals surface area contributed by atoms with E-state index in [1.165, 1.54) is 25.3 Å². The lowest BCUT2D eigenvalue weighted by atomic mass is 9.86. The topological polar surface area (TPSA) is 67.9 Å². The summed E-state index contributed by atoms with van der Waals surface area (Å²) < 4.78 is 10.4. The number of amides is 2. The number of hydrogen-bond donors (Lipinski definition) is 1. The molecular weight excluding hydrogens is 368 g/mol. The van der Waals surface area contributed by atoms with Crippen molar-refractivity contribution in [1.29, 1.82) is 0 Å². The second-order valence-corrected chi connectivity index (χ2v) is 8.14. The van der Waals surface area contributed by atoms with E-state index in [0.717, 1.165) is 12.1 Å². The molecule has 29 heavy (non-hydrogen) atoms. The van der Waals surface area contributed by atoms with E-state index in [9.17, 15) is 9.59 Å². The monoisotopic (exact) mass is 396 g/mol. The van der Waals surface area contributed by atoms with E-state index in [1.807, 2.05) is 6.07 Å². The minimum Gasteiger partial charge on any atom is -0.493 e. The second kappa shape index (κ2) is 8.15. The molecule has 2 aromatic rings. The van der Waals surface area contributed by atoms with Crippen molar-refractivity contribution in [3.63, 3.8) is 0 Å². The Balaban J connectivity index is 1.66. The molecule has 0 radical (unpaired) electrons. The van der Waals surface area contributed by atoms with Gasteiger partial charge in [-0.2, -0.15) is 0 Å². The maximum atomic E-state index is 12.7. The second-order valence-electron chi connectivity index (χ2n) is 8.14. The van der Waals surface area contributed by atoms with Gasteiger partial charge < -0.3 is 19.7 Å². The summed E-state index contributed by atoms with van der Waals surface area (Å²) in [6.45, 7) is 7.10. The molecule has 0 aliphatic carbocycles. The maximum absolute atomic E-state index is 12.7. The average molecular weight is 396 g/mol. The van der Waals surface area contributed by atoms with Crippen LogP contribution < -0.4 is 19.7 Å². The number of nitrogens with zero attached hydrogens (tertiary/aromatic N) is 1. The highest BCUT2D eigenvalue weighted by molar-refractivity contribution is 6.01. The van der Waals surface area contributed by atoms with Crippen molar-refractivity contribution in [2.75, 3.05) is 32.2 Å². The lowest BCUT2D eigenvalue weighted by molar-refractivity contribution is -0.117. The Morgan fingerprint density at radius 1 is 1.03 bits per heavy atom. The Hall–Kier alpha value is -3.02. The van der Waals surface area contributed by atoms with Crippen LogP contribution in [0.1, 0.15) is 42.3 Å². The first kappa shape index (κ1) is 20.7. The number of carbonyl (C=O) groups is 2. The molecule has 0 spiro atoms. The van der Waals surface area contributed by atoms with Crippen LogP contribution in [0.15, 0.2) is 36.4 Å². The molecule has 0 saturated carbocycles. The summed E-state index contributed by atoms with van der Waals surface area (Å²) in [4.78, 5) is 26.9. The summed E-state index contributed by atoms with van der Waals surface area (Å²) in [6, 6.07) is 11.2. The van der Waals surface area contributed by atoms with E-state index in [0.29, 0.717) is 23.6 Å². The zero-order valence-corrected chi connectivity index (χ0v) is 17.7. The van der Waals surface area contributed by atoms with Gasteiger partial charge in [-0.25, -0.2) is 0 Å². The molecule has 0 fully saturated rings. The number of methoxy groups -OCH3 is 2. The first-order valence-electron chi connectivity index (χ1n) is 9.68. The van der Waals surface area contributed by atoms with Crippen molar-refractivity contribution in [3.05, 3.63) is 53.1 Å². The minimum atomic E-state index is -0.332. The van der Waals surface area contributed by atoms with Gasteiger partial charge in [-0.05, 0) is 47.2 Å². The molecule has 0 aromatic heterocycles. The fourth-order valence-electron chi connectivity index (χ4n) is 3.46. The zero-order chi connectivity index (χ0) is 21.2. The van der Waals surface area contributed by atoms with E-state index in [1.54, 1.807) is 23.1 Å². The van der Waals surface area contributed by atoms with Crippen LogP contribution in [-0.2, 0) is 16.6 Å². The first-order valence-corrected chi connectivity index (χ1v) is 9.68. The Labute approximate surface area is 171 Å². The number of carbonyl (C=O) groups excluding carboxylic acids is 2. The summed E-state index contributed by atoms with van der Waals surface area (Å²) in [7, 11) is 3.05. The van der Waals surface area contributed by atoms with Crippen molar-refractivity contribution < 1.29 is 19.1 Å². The highest BCUT2D eigenvalue weighted by atomic mass is 16.5. The number of rotatable bonds is 5. The average Bonchev–Trinajstić information content (AvgIpc) is 3.14. The number of ether oxygens (including phenoxy) is 2. The molecule has 1 heterocycles. The van der Waals surface area contributed by atoms with E-state index < -0.39 is 0 Å². The van der Waals surface area contributed by atoms with E-state index in [2.05, 4.69) is 38.2 Å². The number of nitrogens with one attached hydrogen (secondary N) is 1. The van der Waals surface area contributed by atoms with Crippen molar-refractivity contribution in [2.45, 2.75) is 32.6 Å². The number of hydrogen-bond acceptors (Lipinski definition) is 4. The molecule has 0 saturated heterocycles. The third-order valence-corrected chi connectivity index (χ3v) is 5.19. The molecule has 6 heteroatoms. The van der Waals surface area contributed by atoms with Gasteiger partial charge in [0.1, 0.15) is 0 Å². The van der Waals surface area contributed by atoms with Crippen molar-refractivity contribution in [1.82, 2.24) is 5.32 Å². The Morgan fingerprint density at radius 2 is 1.76 bits per heavy atom. The van der Waals surface area contributed by atoms with Gasteiger partial charge in [-0.3, -0.25) is 9.59 Å². The predicted molar refractivity (Wildman–Crippen MR) is 113 cm³/mol. The molecule has 6 nitrogen and oxygen atoms in total. The Bertz CT molecular complexity index is 931. The summed E-state index contributed by atoms with van der Waals surface area (Å²) in [5, 5.41) is 2.70. The highest BCUT2D eigenvalue weighted by Crippen LogP contribution is 2.33. The largest absolute Gasteiger partial charge is 0.493 e. The van der Waals surface area contributed by atoms with Crippen LogP contribution in [0.5, 0.6) is 11.5 Å². The fraction of sp³-hybridized carbons (Fsp3) is 0.391. The van der Waals surface area contributed by atoms with Crippen LogP contribution >= 0.6 is 0 Å². The molecule has 0 bridgehead atoms. The predicted octanol–water partition coefficient (Wildman–Crippen LogP) is 3.32. The van der Waals surface area contributed by atoms with Gasteiger partial charge in [0.15, 0.2) is 11.5 Å². The van der Waals surface area contributed by atoms with Crippen molar-refractivity contribution >= 4 is 17.5 Å². The summed E-state index contributed by atoms with van der Waals surface area (Å²) >= 11 is 0. The van der Waals surface area contributed by atoms with Crippen LogP contribution in [0.25, 0.3) is 0 Å². The molecular formula is C23H28N2O4. The Morgan fingerprint density at radius 3 is 2.41 bits per heavy atom. The van der Waals surface area contributed by atoms with Crippen LogP contribution in [0.2, 0.25) is 0 Å². The molecule has 2 amide bonds. The fourth-order valence-corrected chi connectivity index (χ4v) is 3.46. The number of anilines is 1. The highest BCUT2D eigenvalue weighted by Gasteiger charge is 2.26. The summed E-state index contributed by atoms with van der Waals surface area (Å²) in [5.41, 5.74) is 3.85. The molecule has 2 aromatic carbocycles. The van der Waals surface area contributed by atoms with Gasteiger partial charge in [0.25, 0.3) is 5.91 Å². The first-order chi connectivity index (χ1) is 13.7.